The summed E-state index contributed by atoms with van der Waals surface area (Å²) in [5, 5.41) is 0. The molecule has 3 N–H and O–H groups in total. The summed E-state index contributed by atoms with van der Waals surface area (Å²) in [6.07, 6.45) is -0.357. The van der Waals surface area contributed by atoms with Crippen molar-refractivity contribution in [3.8, 4) is 5.75 Å². The lowest BCUT2D eigenvalue weighted by Crippen LogP contribution is -2.37. The summed E-state index contributed by atoms with van der Waals surface area (Å²) in [6, 6.07) is 6.92. The Morgan fingerprint density at radius 1 is 1.31 bits per heavy atom. The van der Waals surface area contributed by atoms with E-state index in [1.165, 1.54) is 0 Å². The molecule has 0 radical (unpaired) electrons. The zero-order valence-corrected chi connectivity index (χ0v) is 10.1. The Bertz CT molecular complexity index is 366. The number of hydrogen-bond acceptors (Lipinski definition) is 5. The maximum absolute atomic E-state index is 6.85. The van der Waals surface area contributed by atoms with Crippen LogP contribution in [0, 0.1) is 0 Å². The van der Waals surface area contributed by atoms with Crippen molar-refractivity contribution in [2.24, 2.45) is 0 Å². The van der Waals surface area contributed by atoms with Gasteiger partial charge in [-0.25, -0.2) is 0 Å². The van der Waals surface area contributed by atoms with Crippen LogP contribution in [0.25, 0.3) is 0 Å². The average molecular weight is 250 g/mol. The summed E-state index contributed by atoms with van der Waals surface area (Å²) in [4.78, 5) is 12.8. The summed E-state index contributed by atoms with van der Waals surface area (Å²) in [6.45, 7) is 1.77. The first-order chi connectivity index (χ1) is 9.09. The Hall–Kier alpha value is -0.923. The van der Waals surface area contributed by atoms with Gasteiger partial charge in [0.25, 0.3) is 0 Å². The van der Waals surface area contributed by atoms with Crippen molar-refractivity contribution >= 4 is 8.80 Å². The van der Waals surface area contributed by atoms with Crippen LogP contribution in [-0.2, 0) is 10.8 Å². The summed E-state index contributed by atoms with van der Waals surface area (Å²) < 4.78 is 30.9. The van der Waals surface area contributed by atoms with Crippen LogP contribution in [0.1, 0.15) is 12.5 Å². The van der Waals surface area contributed by atoms with E-state index >= 15 is 0 Å². The third-order valence-corrected chi connectivity index (χ3v) is 2.82. The molecule has 90 valence electrons. The minimum Gasteiger partial charge on any atom is -0.465 e. The summed E-state index contributed by atoms with van der Waals surface area (Å²) in [7, 11) is -2.04. The van der Waals surface area contributed by atoms with E-state index in [4.69, 9.17) is 13.8 Å². The topological polar surface area (TPSA) is 79.2 Å². The Morgan fingerprint density at radius 2 is 1.94 bits per heavy atom. The van der Waals surface area contributed by atoms with E-state index in [0.29, 0.717) is 5.75 Å². The number of hydrogen-bond donors (Lipinski definition) is 3. The second-order valence-electron chi connectivity index (χ2n) is 3.42. The van der Waals surface area contributed by atoms with Gasteiger partial charge >= 0.3 is 8.80 Å². The van der Waals surface area contributed by atoms with Gasteiger partial charge in [0.05, 0.1) is 0 Å². The highest BCUT2D eigenvalue weighted by Crippen LogP contribution is 2.15. The normalized spacial score (nSPS) is 16.0. The maximum atomic E-state index is 6.85. The first-order valence-electron chi connectivity index (χ1n) is 6.03. The van der Waals surface area contributed by atoms with Gasteiger partial charge in [0.1, 0.15) is 5.75 Å². The Balaban J connectivity index is 2.71. The second-order valence-corrected chi connectivity index (χ2v) is 5.14. The standard InChI is InChI=1S/C10H16O5Si/c1-8(14-2)15-10-5-3-9(4-6-10)7-16(11,12)13/h3-6,8,11-13H,7H2,1-2H3/i11T,12T,13T. The SMILES string of the molecule is [3H]O[Si](Cc1ccc(OC(C)OC)cc1)(O[3H])O[3H]. The zero-order valence-electron chi connectivity index (χ0n) is 12.1. The molecule has 0 aromatic heterocycles. The van der Waals surface area contributed by atoms with Gasteiger partial charge in [-0.15, -0.1) is 0 Å². The molecule has 5 nitrogen and oxygen atoms in total. The molecule has 0 spiro atoms. The highest BCUT2D eigenvalue weighted by atomic mass is 28.4. The Morgan fingerprint density at radius 3 is 2.44 bits per heavy atom. The largest absolute Gasteiger partial charge is 0.497 e. The van der Waals surface area contributed by atoms with Crippen LogP contribution in [0.2, 0.25) is 0 Å². The fourth-order valence-corrected chi connectivity index (χ4v) is 1.91. The molecule has 0 bridgehead atoms. The van der Waals surface area contributed by atoms with Crippen LogP contribution in [-0.4, -0.2) is 40.9 Å². The molecule has 0 aliphatic heterocycles. The summed E-state index contributed by atoms with van der Waals surface area (Å²) >= 11 is 0. The van der Waals surface area contributed by atoms with Crippen molar-refractivity contribution in [3.63, 3.8) is 0 Å². The number of methoxy groups -OCH3 is 1. The molecule has 0 saturated heterocycles. The molecule has 0 aliphatic carbocycles. The number of ether oxygens (including phenoxy) is 2. The van der Waals surface area contributed by atoms with Crippen molar-refractivity contribution in [2.75, 3.05) is 7.11 Å². The van der Waals surface area contributed by atoms with Gasteiger partial charge in [-0.05, 0) is 24.6 Å². The predicted octanol–water partition coefficient (Wildman–Crippen LogP) is 0.0553. The minimum atomic E-state index is -3.58. The van der Waals surface area contributed by atoms with Crippen LogP contribution < -0.4 is 4.74 Å². The van der Waals surface area contributed by atoms with Crippen LogP contribution in [0.4, 0.5) is 0 Å². The van der Waals surface area contributed by atoms with Crippen LogP contribution in [0.15, 0.2) is 24.3 Å². The molecule has 0 saturated carbocycles. The van der Waals surface area contributed by atoms with E-state index in [9.17, 15) is 0 Å². The molecule has 0 fully saturated rings. The van der Waals surface area contributed by atoms with Crippen molar-refractivity contribution in [1.82, 2.24) is 0 Å². The molecule has 1 atom stereocenters. The lowest BCUT2D eigenvalue weighted by molar-refractivity contribution is -0.0382. The van der Waals surface area contributed by atoms with E-state index in [0.717, 1.165) is 5.56 Å². The van der Waals surface area contributed by atoms with E-state index in [-0.39, 0.29) is 12.3 Å². The molecule has 1 aromatic carbocycles. The molecule has 0 heterocycles. The van der Waals surface area contributed by atoms with Gasteiger partial charge in [-0.1, -0.05) is 12.1 Å². The van der Waals surface area contributed by atoms with Gasteiger partial charge < -0.3 is 23.9 Å². The van der Waals surface area contributed by atoms with Gasteiger partial charge in [0.2, 0.25) is 0 Å². The van der Waals surface area contributed by atoms with Crippen molar-refractivity contribution in [3.05, 3.63) is 29.8 Å². The van der Waals surface area contributed by atoms with E-state index in [2.05, 4.69) is 14.4 Å². The van der Waals surface area contributed by atoms with Gasteiger partial charge in [-0.2, -0.15) is 0 Å². The van der Waals surface area contributed by atoms with Crippen LogP contribution in [0.3, 0.4) is 0 Å². The summed E-state index contributed by atoms with van der Waals surface area (Å²) in [5.74, 6) is 0.621. The fraction of sp³-hybridized carbons (Fsp3) is 0.400. The smallest absolute Gasteiger partial charge is 0.465 e. The Kier molecular flexibility index (Phi) is 3.10. The second kappa shape index (κ2) is 5.42. The molecule has 1 rings (SSSR count). The molecule has 6 heteroatoms. The number of rotatable bonds is 8. The minimum absolute atomic E-state index is 0.0591. The predicted molar refractivity (Wildman–Crippen MR) is 59.7 cm³/mol. The molecule has 0 aliphatic rings. The van der Waals surface area contributed by atoms with Crippen molar-refractivity contribution < 1.29 is 23.9 Å². The molecule has 1 aromatic rings. The van der Waals surface area contributed by atoms with E-state index in [1.54, 1.807) is 38.3 Å². The molecular weight excluding hydrogens is 228 g/mol. The zero-order chi connectivity index (χ0) is 14.3. The molecule has 0 amide bonds. The van der Waals surface area contributed by atoms with Gasteiger partial charge in [-0.3, -0.25) is 0 Å². The lowest BCUT2D eigenvalue weighted by atomic mass is 10.2. The fourth-order valence-electron chi connectivity index (χ4n) is 1.18. The average Bonchev–Trinajstić information content (AvgIpc) is 2.46. The molecule has 1 unspecified atom stereocenters. The summed E-state index contributed by atoms with van der Waals surface area (Å²) in [5.41, 5.74) is 0.718. The lowest BCUT2D eigenvalue weighted by Gasteiger charge is -2.13. The van der Waals surface area contributed by atoms with E-state index in [1.807, 2.05) is 0 Å². The third kappa shape index (κ3) is 4.73. The third-order valence-electron chi connectivity index (χ3n) is 1.98. The maximum Gasteiger partial charge on any atom is 0.497 e. The van der Waals surface area contributed by atoms with Gasteiger partial charge in [0.15, 0.2) is 10.6 Å². The highest BCUT2D eigenvalue weighted by molar-refractivity contribution is 6.55. The first kappa shape index (κ1) is 9.14. The van der Waals surface area contributed by atoms with Crippen LogP contribution in [0.5, 0.6) is 5.75 Å². The monoisotopic (exact) mass is 250 g/mol. The van der Waals surface area contributed by atoms with Crippen LogP contribution >= 0.6 is 0 Å². The van der Waals surface area contributed by atoms with Gasteiger partial charge in [0, 0.05) is 13.2 Å². The highest BCUT2D eigenvalue weighted by Gasteiger charge is 2.26. The first-order valence-corrected chi connectivity index (χ1v) is 6.73. The Labute approximate surface area is 99.7 Å². The van der Waals surface area contributed by atoms with Crippen molar-refractivity contribution in [1.29, 1.82) is 4.29 Å². The molecule has 16 heavy (non-hydrogen) atoms. The molecular formula is C10H16O5Si. The number of benzene rings is 1. The van der Waals surface area contributed by atoms with Crippen molar-refractivity contribution in [2.45, 2.75) is 19.3 Å². The quantitative estimate of drug-likeness (QED) is 0.449. The van der Waals surface area contributed by atoms with E-state index < -0.39 is 8.80 Å².